The van der Waals surface area contributed by atoms with Crippen molar-refractivity contribution >= 4 is 21.6 Å². The molecule has 1 aliphatic heterocycles. The van der Waals surface area contributed by atoms with Crippen LogP contribution in [0.4, 0.5) is 5.69 Å². The summed E-state index contributed by atoms with van der Waals surface area (Å²) in [5.74, 6) is 0.404. The Labute approximate surface area is 179 Å². The van der Waals surface area contributed by atoms with E-state index in [1.54, 1.807) is 26.0 Å². The molecule has 0 bridgehead atoms. The average Bonchev–Trinajstić information content (AvgIpc) is 2.69. The van der Waals surface area contributed by atoms with E-state index in [-0.39, 0.29) is 16.8 Å². The molecule has 1 aliphatic rings. The first kappa shape index (κ1) is 22.5. The van der Waals surface area contributed by atoms with Gasteiger partial charge in [0.25, 0.3) is 5.91 Å². The average molecular weight is 430 g/mol. The summed E-state index contributed by atoms with van der Waals surface area (Å²) in [5, 5.41) is 2.85. The Bertz CT molecular complexity index is 971. The van der Waals surface area contributed by atoms with E-state index in [0.29, 0.717) is 11.3 Å². The number of rotatable bonds is 7. The molecule has 7 heteroatoms. The number of sulfonamides is 1. The minimum atomic E-state index is -3.65. The van der Waals surface area contributed by atoms with Gasteiger partial charge in [-0.15, -0.1) is 0 Å². The van der Waals surface area contributed by atoms with E-state index in [9.17, 15) is 13.2 Å². The number of anilines is 1. The van der Waals surface area contributed by atoms with Crippen molar-refractivity contribution in [2.24, 2.45) is 5.92 Å². The summed E-state index contributed by atoms with van der Waals surface area (Å²) in [6.07, 6.45) is 2.55. The van der Waals surface area contributed by atoms with E-state index in [1.165, 1.54) is 30.5 Å². The van der Waals surface area contributed by atoms with E-state index in [1.807, 2.05) is 24.3 Å². The second-order valence-corrected chi connectivity index (χ2v) is 10.2. The zero-order valence-electron chi connectivity index (χ0n) is 17.9. The summed E-state index contributed by atoms with van der Waals surface area (Å²) in [4.78, 5) is 15.2. The molecule has 6 nitrogen and oxygen atoms in total. The van der Waals surface area contributed by atoms with Crippen LogP contribution in [-0.4, -0.2) is 38.4 Å². The zero-order valence-corrected chi connectivity index (χ0v) is 18.7. The Hall–Kier alpha value is -2.22. The molecular formula is C23H31N3O3S. The Balaban J connectivity index is 1.64. The zero-order chi connectivity index (χ0) is 21.7. The van der Waals surface area contributed by atoms with Crippen molar-refractivity contribution in [3.05, 3.63) is 59.7 Å². The first-order valence-corrected chi connectivity index (χ1v) is 12.0. The predicted octanol–water partition coefficient (Wildman–Crippen LogP) is 3.86. The predicted molar refractivity (Wildman–Crippen MR) is 120 cm³/mol. The lowest BCUT2D eigenvalue weighted by molar-refractivity contribution is 0.102. The summed E-state index contributed by atoms with van der Waals surface area (Å²) in [6.45, 7) is 8.98. The maximum atomic E-state index is 12.6. The van der Waals surface area contributed by atoms with E-state index in [0.717, 1.165) is 25.6 Å². The van der Waals surface area contributed by atoms with Crippen molar-refractivity contribution in [1.82, 2.24) is 9.62 Å². The smallest absolute Gasteiger partial charge is 0.255 e. The monoisotopic (exact) mass is 429 g/mol. The highest BCUT2D eigenvalue weighted by molar-refractivity contribution is 7.89. The van der Waals surface area contributed by atoms with E-state index in [4.69, 9.17) is 0 Å². The van der Waals surface area contributed by atoms with Crippen molar-refractivity contribution in [3.8, 4) is 0 Å². The number of piperidine rings is 1. The molecule has 1 unspecified atom stereocenters. The summed E-state index contributed by atoms with van der Waals surface area (Å²) in [6, 6.07) is 13.7. The SMILES string of the molecule is CC1CCCN(Cc2ccc(NC(=O)c3cccc(S(=O)(=O)NC(C)C)c3)cc2)C1. The Morgan fingerprint density at radius 2 is 1.90 bits per heavy atom. The maximum absolute atomic E-state index is 12.6. The van der Waals surface area contributed by atoms with Crippen LogP contribution in [0.1, 0.15) is 49.5 Å². The van der Waals surface area contributed by atoms with E-state index >= 15 is 0 Å². The van der Waals surface area contributed by atoms with Crippen molar-refractivity contribution in [2.75, 3.05) is 18.4 Å². The van der Waals surface area contributed by atoms with E-state index < -0.39 is 10.0 Å². The van der Waals surface area contributed by atoms with Gasteiger partial charge in [0.1, 0.15) is 0 Å². The van der Waals surface area contributed by atoms with Gasteiger partial charge in [-0.05, 0) is 75.0 Å². The quantitative estimate of drug-likeness (QED) is 0.701. The molecule has 2 aromatic carbocycles. The molecule has 1 amide bonds. The molecule has 1 saturated heterocycles. The minimum absolute atomic E-state index is 0.0787. The second kappa shape index (κ2) is 9.73. The van der Waals surface area contributed by atoms with Crippen LogP contribution in [0.25, 0.3) is 0 Å². The highest BCUT2D eigenvalue weighted by atomic mass is 32.2. The van der Waals surface area contributed by atoms with Gasteiger partial charge >= 0.3 is 0 Å². The van der Waals surface area contributed by atoms with Gasteiger partial charge in [-0.2, -0.15) is 0 Å². The number of likely N-dealkylation sites (tertiary alicyclic amines) is 1. The topological polar surface area (TPSA) is 78.5 Å². The van der Waals surface area contributed by atoms with Gasteiger partial charge in [0.15, 0.2) is 0 Å². The third-order valence-electron chi connectivity index (χ3n) is 5.16. The third-order valence-corrected chi connectivity index (χ3v) is 6.81. The third kappa shape index (κ3) is 6.14. The summed E-state index contributed by atoms with van der Waals surface area (Å²) in [5.41, 5.74) is 2.20. The number of carbonyl (C=O) groups is 1. The van der Waals surface area contributed by atoms with E-state index in [2.05, 4.69) is 21.9 Å². The molecular weight excluding hydrogens is 398 g/mol. The van der Waals surface area contributed by atoms with Gasteiger partial charge in [0.2, 0.25) is 10.0 Å². The Morgan fingerprint density at radius 3 is 2.57 bits per heavy atom. The molecule has 0 radical (unpaired) electrons. The van der Waals surface area contributed by atoms with Crippen molar-refractivity contribution in [2.45, 2.75) is 51.1 Å². The number of benzene rings is 2. The molecule has 0 spiro atoms. The molecule has 1 atom stereocenters. The Kier molecular flexibility index (Phi) is 7.28. The van der Waals surface area contributed by atoms with Crippen LogP contribution in [0, 0.1) is 5.92 Å². The summed E-state index contributed by atoms with van der Waals surface area (Å²) >= 11 is 0. The molecule has 2 N–H and O–H groups in total. The van der Waals surface area contributed by atoms with Gasteiger partial charge in [0, 0.05) is 30.4 Å². The van der Waals surface area contributed by atoms with Crippen LogP contribution in [-0.2, 0) is 16.6 Å². The lowest BCUT2D eigenvalue weighted by atomic mass is 10.00. The fourth-order valence-corrected chi connectivity index (χ4v) is 5.06. The highest BCUT2D eigenvalue weighted by Crippen LogP contribution is 2.19. The molecule has 30 heavy (non-hydrogen) atoms. The van der Waals surface area contributed by atoms with Crippen LogP contribution >= 0.6 is 0 Å². The fraction of sp³-hybridized carbons (Fsp3) is 0.435. The van der Waals surface area contributed by atoms with Crippen LogP contribution in [0.5, 0.6) is 0 Å². The first-order valence-electron chi connectivity index (χ1n) is 10.5. The van der Waals surface area contributed by atoms with Crippen LogP contribution in [0.3, 0.4) is 0 Å². The lowest BCUT2D eigenvalue weighted by Gasteiger charge is -2.30. The Morgan fingerprint density at radius 1 is 1.17 bits per heavy atom. The van der Waals surface area contributed by atoms with Crippen LogP contribution in [0.15, 0.2) is 53.4 Å². The molecule has 1 fully saturated rings. The molecule has 1 heterocycles. The van der Waals surface area contributed by atoms with Crippen LogP contribution < -0.4 is 10.0 Å². The molecule has 0 aromatic heterocycles. The summed E-state index contributed by atoms with van der Waals surface area (Å²) in [7, 11) is -3.65. The number of nitrogens with zero attached hydrogens (tertiary/aromatic N) is 1. The molecule has 2 aromatic rings. The number of hydrogen-bond donors (Lipinski definition) is 2. The number of amides is 1. The summed E-state index contributed by atoms with van der Waals surface area (Å²) < 4.78 is 27.2. The standard InChI is InChI=1S/C23H31N3O3S/c1-17(2)25-30(28,29)22-8-4-7-20(14-22)23(27)24-21-11-9-19(10-12-21)16-26-13-5-6-18(3)15-26/h4,7-12,14,17-18,25H,5-6,13,15-16H2,1-3H3,(H,24,27). The lowest BCUT2D eigenvalue weighted by Crippen LogP contribution is -2.33. The number of hydrogen-bond acceptors (Lipinski definition) is 4. The van der Waals surface area contributed by atoms with Crippen molar-refractivity contribution < 1.29 is 13.2 Å². The molecule has 3 rings (SSSR count). The van der Waals surface area contributed by atoms with Gasteiger partial charge in [-0.25, -0.2) is 13.1 Å². The van der Waals surface area contributed by atoms with Gasteiger partial charge in [0.05, 0.1) is 4.90 Å². The van der Waals surface area contributed by atoms with Crippen LogP contribution in [0.2, 0.25) is 0 Å². The van der Waals surface area contributed by atoms with Gasteiger partial charge in [-0.3, -0.25) is 9.69 Å². The number of carbonyl (C=O) groups excluding carboxylic acids is 1. The second-order valence-electron chi connectivity index (χ2n) is 8.44. The molecule has 162 valence electrons. The fourth-order valence-electron chi connectivity index (χ4n) is 3.77. The first-order chi connectivity index (χ1) is 14.2. The van der Waals surface area contributed by atoms with Crippen molar-refractivity contribution in [3.63, 3.8) is 0 Å². The normalized spacial score (nSPS) is 17.8. The number of nitrogens with one attached hydrogen (secondary N) is 2. The van der Waals surface area contributed by atoms with Gasteiger partial charge < -0.3 is 5.32 Å². The molecule has 0 saturated carbocycles. The maximum Gasteiger partial charge on any atom is 0.255 e. The minimum Gasteiger partial charge on any atom is -0.322 e. The molecule has 0 aliphatic carbocycles. The van der Waals surface area contributed by atoms with Crippen molar-refractivity contribution in [1.29, 1.82) is 0 Å². The highest BCUT2D eigenvalue weighted by Gasteiger charge is 2.18. The van der Waals surface area contributed by atoms with Gasteiger partial charge in [-0.1, -0.05) is 25.1 Å². The largest absolute Gasteiger partial charge is 0.322 e.